The van der Waals surface area contributed by atoms with Gasteiger partial charge in [-0.25, -0.2) is 9.78 Å². The third-order valence-corrected chi connectivity index (χ3v) is 5.81. The van der Waals surface area contributed by atoms with E-state index in [-0.39, 0.29) is 5.91 Å². The maximum Gasteiger partial charge on any atom is 0.337 e. The highest BCUT2D eigenvalue weighted by atomic mass is 16.5. The molecule has 1 aliphatic heterocycles. The van der Waals surface area contributed by atoms with Crippen molar-refractivity contribution in [2.24, 2.45) is 0 Å². The van der Waals surface area contributed by atoms with Crippen molar-refractivity contribution in [2.45, 2.75) is 13.5 Å². The maximum absolute atomic E-state index is 13.2. The Morgan fingerprint density at radius 3 is 2.52 bits per heavy atom. The van der Waals surface area contributed by atoms with E-state index in [1.807, 2.05) is 31.2 Å². The molecule has 3 aromatic carbocycles. The van der Waals surface area contributed by atoms with E-state index in [4.69, 9.17) is 9.47 Å². The molecule has 1 aliphatic rings. The number of ether oxygens (including phenoxy) is 2. The van der Waals surface area contributed by atoms with Gasteiger partial charge in [0.15, 0.2) is 0 Å². The number of aromatic amines is 1. The quantitative estimate of drug-likeness (QED) is 0.478. The smallest absolute Gasteiger partial charge is 0.337 e. The summed E-state index contributed by atoms with van der Waals surface area (Å²) in [6.07, 6.45) is 0. The van der Waals surface area contributed by atoms with Crippen molar-refractivity contribution in [2.75, 3.05) is 20.3 Å². The van der Waals surface area contributed by atoms with Crippen molar-refractivity contribution in [3.63, 3.8) is 0 Å². The number of fused-ring (bicyclic) bond motifs is 2. The minimum Gasteiger partial charge on any atom is -0.491 e. The summed E-state index contributed by atoms with van der Waals surface area (Å²) in [6, 6.07) is 18.7. The molecule has 0 radical (unpaired) electrons. The third-order valence-electron chi connectivity index (χ3n) is 5.81. The molecule has 7 nitrogen and oxygen atoms in total. The molecule has 166 valence electrons. The number of aryl methyl sites for hydroxylation is 1. The number of amides is 1. The van der Waals surface area contributed by atoms with Gasteiger partial charge in [-0.2, -0.15) is 0 Å². The summed E-state index contributed by atoms with van der Waals surface area (Å²) in [4.78, 5) is 34.3. The highest BCUT2D eigenvalue weighted by Crippen LogP contribution is 2.31. The first kappa shape index (κ1) is 20.8. The Morgan fingerprint density at radius 2 is 1.73 bits per heavy atom. The van der Waals surface area contributed by atoms with Gasteiger partial charge in [0.2, 0.25) is 0 Å². The number of nitrogens with zero attached hydrogens (tertiary/aromatic N) is 2. The van der Waals surface area contributed by atoms with Gasteiger partial charge in [-0.1, -0.05) is 12.1 Å². The Morgan fingerprint density at radius 1 is 1.00 bits per heavy atom. The number of H-pyrrole nitrogens is 1. The molecule has 0 fully saturated rings. The summed E-state index contributed by atoms with van der Waals surface area (Å²) < 4.78 is 10.6. The second-order valence-corrected chi connectivity index (χ2v) is 8.02. The normalized spacial score (nSPS) is 13.2. The number of hydrogen-bond acceptors (Lipinski definition) is 5. The summed E-state index contributed by atoms with van der Waals surface area (Å²) in [5.74, 6) is 1.13. The molecule has 4 aromatic rings. The van der Waals surface area contributed by atoms with Crippen molar-refractivity contribution in [3.05, 3.63) is 83.2 Å². The zero-order valence-electron chi connectivity index (χ0n) is 18.4. The maximum atomic E-state index is 13.2. The molecule has 5 rings (SSSR count). The van der Waals surface area contributed by atoms with E-state index >= 15 is 0 Å². The van der Waals surface area contributed by atoms with Crippen LogP contribution in [0, 0.1) is 6.92 Å². The molecule has 0 aliphatic carbocycles. The second kappa shape index (κ2) is 8.43. The first-order valence-corrected chi connectivity index (χ1v) is 10.7. The molecular formula is C26H23N3O4. The first-order valence-electron chi connectivity index (χ1n) is 10.7. The Labute approximate surface area is 191 Å². The van der Waals surface area contributed by atoms with Gasteiger partial charge in [-0.05, 0) is 66.6 Å². The summed E-state index contributed by atoms with van der Waals surface area (Å²) in [5, 5.41) is 0. The topological polar surface area (TPSA) is 84.5 Å². The number of carbonyl (C=O) groups excluding carboxylic acids is 2. The summed E-state index contributed by atoms with van der Waals surface area (Å²) >= 11 is 0. The average molecular weight is 441 g/mol. The Hall–Kier alpha value is -4.13. The largest absolute Gasteiger partial charge is 0.491 e. The van der Waals surface area contributed by atoms with Crippen molar-refractivity contribution in [1.82, 2.24) is 14.9 Å². The lowest BCUT2D eigenvalue weighted by molar-refractivity contribution is 0.0599. The summed E-state index contributed by atoms with van der Waals surface area (Å²) in [6.45, 7) is 3.26. The Balaban J connectivity index is 1.41. The standard InChI is InChI=1S/C26H23N3O4/c1-16-27-22-9-7-20(14-23(22)28-16)19-8-10-24-21(13-19)15-29(11-12-33-24)25(30)17-3-5-18(6-4-17)26(31)32-2/h3-10,13-14H,11-12,15H2,1-2H3,(H,27,28). The fraction of sp³-hybridized carbons (Fsp3) is 0.192. The lowest BCUT2D eigenvalue weighted by Crippen LogP contribution is -2.32. The van der Waals surface area contributed by atoms with Crippen LogP contribution in [0.2, 0.25) is 0 Å². The van der Waals surface area contributed by atoms with Crippen LogP contribution in [0.25, 0.3) is 22.2 Å². The fourth-order valence-corrected chi connectivity index (χ4v) is 4.11. The van der Waals surface area contributed by atoms with Gasteiger partial charge in [-0.3, -0.25) is 4.79 Å². The van der Waals surface area contributed by atoms with E-state index in [9.17, 15) is 9.59 Å². The number of aromatic nitrogens is 2. The van der Waals surface area contributed by atoms with Gasteiger partial charge in [0.1, 0.15) is 18.2 Å². The number of methoxy groups -OCH3 is 1. The molecule has 7 heteroatoms. The number of rotatable bonds is 3. The fourth-order valence-electron chi connectivity index (χ4n) is 4.11. The molecule has 0 unspecified atom stereocenters. The number of nitrogens with one attached hydrogen (secondary N) is 1. The highest BCUT2D eigenvalue weighted by Gasteiger charge is 2.22. The van der Waals surface area contributed by atoms with Gasteiger partial charge in [-0.15, -0.1) is 0 Å². The molecule has 1 aromatic heterocycles. The molecule has 0 bridgehead atoms. The highest BCUT2D eigenvalue weighted by molar-refractivity contribution is 5.96. The van der Waals surface area contributed by atoms with Crippen molar-refractivity contribution >= 4 is 22.9 Å². The number of imidazole rings is 1. The van der Waals surface area contributed by atoms with Crippen LogP contribution >= 0.6 is 0 Å². The summed E-state index contributed by atoms with van der Waals surface area (Å²) in [5.41, 5.74) is 5.91. The molecule has 0 spiro atoms. The zero-order valence-corrected chi connectivity index (χ0v) is 18.4. The van der Waals surface area contributed by atoms with Crippen LogP contribution in [-0.2, 0) is 11.3 Å². The number of carbonyl (C=O) groups is 2. The van der Waals surface area contributed by atoms with Gasteiger partial charge in [0, 0.05) is 17.7 Å². The molecule has 0 atom stereocenters. The molecule has 0 saturated heterocycles. The average Bonchev–Trinajstić information content (AvgIpc) is 3.08. The Bertz CT molecular complexity index is 1360. The van der Waals surface area contributed by atoms with E-state index in [2.05, 4.69) is 22.1 Å². The second-order valence-electron chi connectivity index (χ2n) is 8.02. The minimum absolute atomic E-state index is 0.109. The van der Waals surface area contributed by atoms with Crippen LogP contribution in [-0.4, -0.2) is 47.0 Å². The van der Waals surface area contributed by atoms with Crippen LogP contribution in [0.3, 0.4) is 0 Å². The van der Waals surface area contributed by atoms with E-state index < -0.39 is 5.97 Å². The number of benzene rings is 3. The summed E-state index contributed by atoms with van der Waals surface area (Å²) in [7, 11) is 1.33. The van der Waals surface area contributed by atoms with Crippen LogP contribution in [0.15, 0.2) is 60.7 Å². The van der Waals surface area contributed by atoms with Crippen LogP contribution in [0.5, 0.6) is 5.75 Å². The molecule has 0 saturated carbocycles. The molecule has 2 heterocycles. The predicted molar refractivity (Wildman–Crippen MR) is 124 cm³/mol. The van der Waals surface area contributed by atoms with Crippen LogP contribution in [0.1, 0.15) is 32.1 Å². The van der Waals surface area contributed by atoms with Crippen molar-refractivity contribution in [3.8, 4) is 16.9 Å². The van der Waals surface area contributed by atoms with Gasteiger partial charge in [0.25, 0.3) is 5.91 Å². The van der Waals surface area contributed by atoms with E-state index in [1.165, 1.54) is 7.11 Å². The van der Waals surface area contributed by atoms with Crippen molar-refractivity contribution in [1.29, 1.82) is 0 Å². The SMILES string of the molecule is COC(=O)c1ccc(C(=O)N2CCOc3ccc(-c4ccc5nc(C)[nH]c5c4)cc3C2)cc1. The third kappa shape index (κ3) is 4.05. The lowest BCUT2D eigenvalue weighted by atomic mass is 10.0. The Kier molecular flexibility index (Phi) is 5.30. The molecular weight excluding hydrogens is 418 g/mol. The van der Waals surface area contributed by atoms with E-state index in [0.717, 1.165) is 39.3 Å². The zero-order chi connectivity index (χ0) is 22.9. The minimum atomic E-state index is -0.429. The van der Waals surface area contributed by atoms with Gasteiger partial charge >= 0.3 is 5.97 Å². The van der Waals surface area contributed by atoms with Crippen LogP contribution in [0.4, 0.5) is 0 Å². The van der Waals surface area contributed by atoms with E-state index in [0.29, 0.717) is 30.8 Å². The van der Waals surface area contributed by atoms with Gasteiger partial charge < -0.3 is 19.4 Å². The predicted octanol–water partition coefficient (Wildman–Crippen LogP) is 4.36. The van der Waals surface area contributed by atoms with Crippen LogP contribution < -0.4 is 4.74 Å². The van der Waals surface area contributed by atoms with Gasteiger partial charge in [0.05, 0.1) is 30.3 Å². The number of esters is 1. The first-order chi connectivity index (χ1) is 16.0. The molecule has 1 amide bonds. The van der Waals surface area contributed by atoms with Crippen molar-refractivity contribution < 1.29 is 19.1 Å². The van der Waals surface area contributed by atoms with E-state index in [1.54, 1.807) is 29.2 Å². The number of hydrogen-bond donors (Lipinski definition) is 1. The molecule has 33 heavy (non-hydrogen) atoms. The molecule has 1 N–H and O–H groups in total. The monoisotopic (exact) mass is 441 g/mol. The lowest BCUT2D eigenvalue weighted by Gasteiger charge is -2.20.